The van der Waals surface area contributed by atoms with Crippen LogP contribution in [0.15, 0.2) is 0 Å². The van der Waals surface area contributed by atoms with Gasteiger partial charge in [-0.15, -0.1) is 0 Å². The average Bonchev–Trinajstić information content (AvgIpc) is 2.08. The van der Waals surface area contributed by atoms with Gasteiger partial charge in [0.25, 0.3) is 0 Å². The van der Waals surface area contributed by atoms with Crippen LogP contribution >= 0.6 is 0 Å². The molecule has 0 aromatic heterocycles. The molecule has 4 heteroatoms. The third-order valence-corrected chi connectivity index (χ3v) is 8.40. The van der Waals surface area contributed by atoms with Gasteiger partial charge in [-0.3, -0.25) is 0 Å². The molecule has 0 bridgehead atoms. The van der Waals surface area contributed by atoms with Crippen molar-refractivity contribution < 1.29 is 13.2 Å². The van der Waals surface area contributed by atoms with Gasteiger partial charge in [0.2, 0.25) is 0 Å². The predicted octanol–water partition coefficient (Wildman–Crippen LogP) is 2.38. The van der Waals surface area contributed by atoms with Gasteiger partial charge >= 0.3 is 56.9 Å². The molecule has 0 saturated carbocycles. The van der Waals surface area contributed by atoms with Crippen molar-refractivity contribution in [2.75, 3.05) is 0 Å². The van der Waals surface area contributed by atoms with E-state index in [0.717, 1.165) is 12.8 Å². The van der Waals surface area contributed by atoms with Crippen LogP contribution in [0.2, 0.25) is 9.95 Å². The van der Waals surface area contributed by atoms with Crippen molar-refractivity contribution in [1.82, 2.24) is 0 Å². The van der Waals surface area contributed by atoms with Crippen molar-refractivity contribution in [3.63, 3.8) is 0 Å². The zero-order valence-corrected chi connectivity index (χ0v) is 7.46. The van der Waals surface area contributed by atoms with Gasteiger partial charge < -0.3 is 0 Å². The van der Waals surface area contributed by atoms with E-state index < -0.39 is 20.9 Å². The van der Waals surface area contributed by atoms with Gasteiger partial charge in [0.1, 0.15) is 0 Å². The summed E-state index contributed by atoms with van der Waals surface area (Å²) in [6.07, 6.45) is 1.67. The Morgan fingerprint density at radius 2 is 1.44 bits per heavy atom. The second-order valence-corrected chi connectivity index (χ2v) is 9.24. The van der Waals surface area contributed by atoms with Crippen molar-refractivity contribution in [2.24, 2.45) is 0 Å². The van der Waals surface area contributed by atoms with Gasteiger partial charge in [0.15, 0.2) is 0 Å². The molecular formula is C5H8F3Ga. The zero-order chi connectivity index (χ0) is 6.91. The number of alkyl halides is 3. The van der Waals surface area contributed by atoms with Crippen LogP contribution in [0, 0.1) is 0 Å². The first-order valence-electron chi connectivity index (χ1n) is 3.17. The Hall–Kier alpha value is 0.426. The molecular weight excluding hydrogens is 187 g/mol. The quantitative estimate of drug-likeness (QED) is 0.520. The summed E-state index contributed by atoms with van der Waals surface area (Å²) in [6, 6.07) is 0. The standard InChI is InChI=1S/C4H8.CF3.Ga/c1-3-4-2;2-1(3)4;/h1-4H2;;. The summed E-state index contributed by atoms with van der Waals surface area (Å²) >= 11 is -2.72. The first-order chi connectivity index (χ1) is 4.11. The van der Waals surface area contributed by atoms with Crippen LogP contribution < -0.4 is 0 Å². The average molecular weight is 195 g/mol. The van der Waals surface area contributed by atoms with Gasteiger partial charge in [-0.1, -0.05) is 0 Å². The van der Waals surface area contributed by atoms with Gasteiger partial charge in [0.05, 0.1) is 0 Å². The SMILES string of the molecule is F[C](F)(F)[Ga]1[CH2]CC[CH2]1. The molecule has 0 N–H and O–H groups in total. The first-order valence-corrected chi connectivity index (χ1v) is 7.81. The molecule has 0 amide bonds. The Morgan fingerprint density at radius 1 is 1.00 bits per heavy atom. The third-order valence-electron chi connectivity index (χ3n) is 1.82. The Morgan fingerprint density at radius 3 is 1.67 bits per heavy atom. The van der Waals surface area contributed by atoms with Gasteiger partial charge in [-0.2, -0.15) is 0 Å². The Kier molecular flexibility index (Phi) is 2.16. The van der Waals surface area contributed by atoms with E-state index in [0.29, 0.717) is 9.95 Å². The summed E-state index contributed by atoms with van der Waals surface area (Å²) in [7, 11) is 0. The topological polar surface area (TPSA) is 0 Å². The minimum absolute atomic E-state index is 0.538. The maximum absolute atomic E-state index is 11.8. The molecule has 1 fully saturated rings. The molecule has 0 aromatic carbocycles. The van der Waals surface area contributed by atoms with Gasteiger partial charge in [0, 0.05) is 0 Å². The summed E-state index contributed by atoms with van der Waals surface area (Å²) in [5.74, 6) is 0. The van der Waals surface area contributed by atoms with E-state index in [1.807, 2.05) is 0 Å². The number of halogens is 3. The van der Waals surface area contributed by atoms with Crippen molar-refractivity contribution in [3.8, 4) is 0 Å². The van der Waals surface area contributed by atoms with Gasteiger partial charge in [-0.05, 0) is 0 Å². The summed E-state index contributed by atoms with van der Waals surface area (Å²) < 4.78 is 31.8. The fraction of sp³-hybridized carbons (Fsp3) is 1.00. The molecule has 1 aliphatic rings. The summed E-state index contributed by atoms with van der Waals surface area (Å²) in [6.45, 7) is 0. The van der Waals surface area contributed by atoms with Crippen LogP contribution in [0.1, 0.15) is 12.8 Å². The molecule has 0 radical (unpaired) electrons. The second kappa shape index (κ2) is 2.58. The Bertz CT molecular complexity index is 92.9. The molecule has 9 heavy (non-hydrogen) atoms. The van der Waals surface area contributed by atoms with Crippen LogP contribution in [0.4, 0.5) is 13.2 Å². The molecule has 0 nitrogen and oxygen atoms in total. The monoisotopic (exact) mass is 194 g/mol. The molecule has 52 valence electrons. The fourth-order valence-corrected chi connectivity index (χ4v) is 6.51. The molecule has 1 rings (SSSR count). The van der Waals surface area contributed by atoms with E-state index >= 15 is 0 Å². The van der Waals surface area contributed by atoms with Crippen LogP contribution in [0.25, 0.3) is 0 Å². The first kappa shape index (κ1) is 7.53. The normalized spacial score (nSPS) is 21.0. The minimum atomic E-state index is -3.73. The number of hydrogen-bond acceptors (Lipinski definition) is 0. The second-order valence-electron chi connectivity index (χ2n) is 2.52. The molecule has 0 aliphatic carbocycles. The molecule has 0 unspecified atom stereocenters. The van der Waals surface area contributed by atoms with E-state index in [9.17, 15) is 13.2 Å². The molecule has 0 aromatic rings. The van der Waals surface area contributed by atoms with Crippen molar-refractivity contribution in [2.45, 2.75) is 27.5 Å². The van der Waals surface area contributed by atoms with E-state index in [1.165, 1.54) is 0 Å². The van der Waals surface area contributed by atoms with Crippen molar-refractivity contribution in [3.05, 3.63) is 0 Å². The van der Waals surface area contributed by atoms with Crippen molar-refractivity contribution >= 4 is 16.2 Å². The molecule has 1 heterocycles. The maximum atomic E-state index is 11.8. The Labute approximate surface area is 57.5 Å². The van der Waals surface area contributed by atoms with E-state index in [4.69, 9.17) is 0 Å². The molecule has 0 spiro atoms. The van der Waals surface area contributed by atoms with Crippen molar-refractivity contribution in [1.29, 1.82) is 0 Å². The van der Waals surface area contributed by atoms with Gasteiger partial charge in [-0.25, -0.2) is 0 Å². The number of rotatable bonds is 0. The van der Waals surface area contributed by atoms with Crippen LogP contribution in [-0.2, 0) is 0 Å². The zero-order valence-electron chi connectivity index (χ0n) is 5.04. The number of hydrogen-bond donors (Lipinski definition) is 0. The molecule has 1 aliphatic heterocycles. The molecule has 1 saturated heterocycles. The summed E-state index contributed by atoms with van der Waals surface area (Å²) in [4.78, 5) is 1.08. The summed E-state index contributed by atoms with van der Waals surface area (Å²) in [5, 5.41) is 0. The van der Waals surface area contributed by atoms with Crippen LogP contribution in [-0.4, -0.2) is 20.9 Å². The van der Waals surface area contributed by atoms with E-state index in [1.54, 1.807) is 0 Å². The third kappa shape index (κ3) is 1.93. The van der Waals surface area contributed by atoms with E-state index in [2.05, 4.69) is 0 Å². The van der Waals surface area contributed by atoms with Crippen LogP contribution in [0.5, 0.6) is 0 Å². The van der Waals surface area contributed by atoms with Crippen LogP contribution in [0.3, 0.4) is 0 Å². The molecule has 0 atom stereocenters. The summed E-state index contributed by atoms with van der Waals surface area (Å²) in [5.41, 5.74) is 0. The fourth-order valence-electron chi connectivity index (χ4n) is 1.25. The Balaban J connectivity index is 2.42. The van der Waals surface area contributed by atoms with E-state index in [-0.39, 0.29) is 0 Å². The predicted molar refractivity (Wildman–Crippen MR) is 30.7 cm³/mol.